The fraction of sp³-hybridized carbons (Fsp3) is 0.956. The van der Waals surface area contributed by atoms with Crippen LogP contribution in [0.2, 0.25) is 0 Å². The normalized spacial score (nSPS) is 13.9. The molecule has 0 aliphatic heterocycles. The van der Waals surface area contributed by atoms with Gasteiger partial charge in [0.15, 0.2) is 12.2 Å². The van der Waals surface area contributed by atoms with E-state index in [0.29, 0.717) is 31.6 Å². The van der Waals surface area contributed by atoms with E-state index in [2.05, 4.69) is 55.4 Å². The molecule has 3 N–H and O–H groups in total. The smallest absolute Gasteiger partial charge is 0.462 e. The van der Waals surface area contributed by atoms with Crippen LogP contribution >= 0.6 is 15.6 Å². The Morgan fingerprint density at radius 3 is 0.569 bits per heavy atom. The van der Waals surface area contributed by atoms with Gasteiger partial charge in [-0.25, -0.2) is 9.13 Å². The van der Waals surface area contributed by atoms with E-state index < -0.39 is 97.5 Å². The first-order chi connectivity index (χ1) is 52.6. The van der Waals surface area contributed by atoms with Crippen LogP contribution in [0, 0.1) is 23.7 Å². The number of phosphoric ester groups is 2. The molecule has 0 aromatic heterocycles. The average molecular weight is 1590 g/mol. The summed E-state index contributed by atoms with van der Waals surface area (Å²) in [5, 5.41) is 10.7. The second kappa shape index (κ2) is 78.6. The molecule has 0 bridgehead atoms. The Kier molecular flexibility index (Phi) is 77.2. The van der Waals surface area contributed by atoms with E-state index in [1.165, 1.54) is 270 Å². The first-order valence-corrected chi connectivity index (χ1v) is 49.2. The van der Waals surface area contributed by atoms with Crippen molar-refractivity contribution in [3.8, 4) is 0 Å². The number of unbranched alkanes of at least 4 members (excludes halogenated alkanes) is 53. The number of hydrogen-bond acceptors (Lipinski definition) is 15. The molecule has 109 heavy (non-hydrogen) atoms. The summed E-state index contributed by atoms with van der Waals surface area (Å²) in [6, 6.07) is 0. The van der Waals surface area contributed by atoms with E-state index in [1.807, 2.05) is 0 Å². The highest BCUT2D eigenvalue weighted by atomic mass is 31.2. The van der Waals surface area contributed by atoms with Gasteiger partial charge in [0.05, 0.1) is 26.4 Å². The highest BCUT2D eigenvalue weighted by Crippen LogP contribution is 2.45. The molecular formula is C90H176O17P2. The van der Waals surface area contributed by atoms with Crippen molar-refractivity contribution in [1.82, 2.24) is 0 Å². The van der Waals surface area contributed by atoms with Gasteiger partial charge in [-0.2, -0.15) is 0 Å². The van der Waals surface area contributed by atoms with Crippen LogP contribution in [0.5, 0.6) is 0 Å². The molecule has 0 rings (SSSR count). The van der Waals surface area contributed by atoms with Gasteiger partial charge in [-0.05, 0) is 49.4 Å². The number of rotatable bonds is 87. The third-order valence-electron chi connectivity index (χ3n) is 21.1. The number of hydrogen-bond donors (Lipinski definition) is 3. The van der Waals surface area contributed by atoms with Crippen LogP contribution in [-0.2, 0) is 65.4 Å². The zero-order valence-corrected chi connectivity index (χ0v) is 74.0. The molecule has 0 spiro atoms. The van der Waals surface area contributed by atoms with Crippen LogP contribution in [0.25, 0.3) is 0 Å². The molecule has 0 fully saturated rings. The molecule has 648 valence electrons. The van der Waals surface area contributed by atoms with E-state index in [4.69, 9.17) is 37.0 Å². The maximum atomic E-state index is 13.2. The van der Waals surface area contributed by atoms with Gasteiger partial charge >= 0.3 is 39.5 Å². The Morgan fingerprint density at radius 1 is 0.229 bits per heavy atom. The number of esters is 4. The summed E-state index contributed by atoms with van der Waals surface area (Å²) in [5.74, 6) is 1.04. The predicted octanol–water partition coefficient (Wildman–Crippen LogP) is 27.5. The average Bonchev–Trinajstić information content (AvgIpc) is 0.899. The van der Waals surface area contributed by atoms with Crippen molar-refractivity contribution in [3.05, 3.63) is 0 Å². The van der Waals surface area contributed by atoms with Crippen LogP contribution in [0.15, 0.2) is 0 Å². The van der Waals surface area contributed by atoms with Crippen molar-refractivity contribution < 1.29 is 80.2 Å². The Balaban J connectivity index is 5.21. The summed E-state index contributed by atoms with van der Waals surface area (Å²) < 4.78 is 69.0. The predicted molar refractivity (Wildman–Crippen MR) is 451 cm³/mol. The van der Waals surface area contributed by atoms with Crippen LogP contribution in [-0.4, -0.2) is 96.7 Å². The molecule has 3 unspecified atom stereocenters. The fourth-order valence-corrected chi connectivity index (χ4v) is 15.6. The topological polar surface area (TPSA) is 237 Å². The highest BCUT2D eigenvalue weighted by molar-refractivity contribution is 7.47. The quantitative estimate of drug-likeness (QED) is 0.0222. The molecule has 0 amide bonds. The first kappa shape index (κ1) is 107. The lowest BCUT2D eigenvalue weighted by atomic mass is 10.0. The number of phosphoric acid groups is 2. The van der Waals surface area contributed by atoms with E-state index in [9.17, 15) is 43.2 Å². The largest absolute Gasteiger partial charge is 0.472 e. The Morgan fingerprint density at radius 2 is 0.385 bits per heavy atom. The molecule has 0 aliphatic carbocycles. The van der Waals surface area contributed by atoms with Gasteiger partial charge in [-0.15, -0.1) is 0 Å². The van der Waals surface area contributed by atoms with Crippen molar-refractivity contribution in [1.29, 1.82) is 0 Å². The molecule has 0 saturated carbocycles. The summed E-state index contributed by atoms with van der Waals surface area (Å²) in [6.45, 7) is 14.3. The van der Waals surface area contributed by atoms with Crippen LogP contribution in [0.1, 0.15) is 473 Å². The van der Waals surface area contributed by atoms with Crippen LogP contribution in [0.3, 0.4) is 0 Å². The SMILES string of the molecule is CC(C)CCCCCCCCCCCCCCCCCCCCC(=O)O[C@H](COC(=O)CCCCCCCCCCCCCCCCC(C)C)COP(=O)(O)OCC(O)COP(=O)(O)OC[C@@H](COC(=O)CCCCCCCCCC(C)C)OC(=O)CCCCCCCCCCCCCCCCCCCCC(C)C. The van der Waals surface area contributed by atoms with Crippen molar-refractivity contribution in [2.24, 2.45) is 23.7 Å². The molecule has 19 heteroatoms. The van der Waals surface area contributed by atoms with Gasteiger partial charge < -0.3 is 33.8 Å². The molecule has 0 aromatic carbocycles. The molecule has 5 atom stereocenters. The summed E-state index contributed by atoms with van der Waals surface area (Å²) in [5.41, 5.74) is 0. The number of ether oxygens (including phenoxy) is 4. The lowest BCUT2D eigenvalue weighted by Gasteiger charge is -2.21. The summed E-state index contributed by atoms with van der Waals surface area (Å²) in [4.78, 5) is 73.3. The Hall–Kier alpha value is -1.94. The second-order valence-corrected chi connectivity index (χ2v) is 37.2. The molecule has 0 aromatic rings. The molecule has 0 aliphatic rings. The minimum Gasteiger partial charge on any atom is -0.462 e. The van der Waals surface area contributed by atoms with E-state index in [0.717, 1.165) is 114 Å². The number of aliphatic hydroxyl groups is 1. The maximum Gasteiger partial charge on any atom is 0.472 e. The minimum atomic E-state index is -4.97. The first-order valence-electron chi connectivity index (χ1n) is 46.2. The Bertz CT molecular complexity index is 2110. The van der Waals surface area contributed by atoms with Gasteiger partial charge in [0.2, 0.25) is 0 Å². The Labute approximate surface area is 670 Å². The highest BCUT2D eigenvalue weighted by Gasteiger charge is 2.31. The zero-order chi connectivity index (χ0) is 80.2. The number of carbonyl (C=O) groups is 4. The van der Waals surface area contributed by atoms with Crippen molar-refractivity contribution in [2.45, 2.75) is 491 Å². The number of carbonyl (C=O) groups excluding carboxylic acids is 4. The maximum absolute atomic E-state index is 13.2. The van der Waals surface area contributed by atoms with Gasteiger partial charge in [-0.3, -0.25) is 37.3 Å². The lowest BCUT2D eigenvalue weighted by molar-refractivity contribution is -0.161. The third-order valence-corrected chi connectivity index (χ3v) is 23.0. The van der Waals surface area contributed by atoms with E-state index >= 15 is 0 Å². The van der Waals surface area contributed by atoms with Crippen molar-refractivity contribution >= 4 is 39.5 Å². The molecular weight excluding hydrogens is 1410 g/mol. The third kappa shape index (κ3) is 83.8. The zero-order valence-electron chi connectivity index (χ0n) is 72.2. The van der Waals surface area contributed by atoms with E-state index in [-0.39, 0.29) is 25.7 Å². The minimum absolute atomic E-state index is 0.107. The number of aliphatic hydroxyl groups excluding tert-OH is 1. The molecule has 0 saturated heterocycles. The lowest BCUT2D eigenvalue weighted by Crippen LogP contribution is -2.30. The van der Waals surface area contributed by atoms with Crippen molar-refractivity contribution in [3.63, 3.8) is 0 Å². The molecule has 0 heterocycles. The van der Waals surface area contributed by atoms with Gasteiger partial charge in [0.25, 0.3) is 0 Å². The van der Waals surface area contributed by atoms with Gasteiger partial charge in [0.1, 0.15) is 19.3 Å². The van der Waals surface area contributed by atoms with E-state index in [1.54, 1.807) is 0 Å². The molecule has 17 nitrogen and oxygen atoms in total. The summed E-state index contributed by atoms with van der Waals surface area (Å²) in [6.07, 6.45) is 69.6. The second-order valence-electron chi connectivity index (χ2n) is 34.2. The van der Waals surface area contributed by atoms with Crippen LogP contribution in [0.4, 0.5) is 0 Å². The standard InChI is InChI=1S/C90H176O17P2/c1-80(2)66-58-50-42-35-29-23-17-13-9-11-15-19-27-33-39-47-56-64-72-89(94)106-85(76-100-87(92)70-62-54-46-38-32-26-22-21-25-31-37-44-52-60-68-82(5)6)78-104-108(96,97)102-74-84(91)75-103-109(98,99)105-79-86(77-101-88(93)71-63-55-49-41-45-53-61-69-83(7)8)107-90(95)73-65-57-48-40-34-28-20-16-12-10-14-18-24-30-36-43-51-59-67-81(3)4/h80-86,91H,9-79H2,1-8H3,(H,96,97)(H,98,99)/t84?,85-,86-/m1/s1. The monoisotopic (exact) mass is 1590 g/mol. The molecule has 0 radical (unpaired) electrons. The van der Waals surface area contributed by atoms with Crippen molar-refractivity contribution in [2.75, 3.05) is 39.6 Å². The summed E-state index contributed by atoms with van der Waals surface area (Å²) >= 11 is 0. The van der Waals surface area contributed by atoms with Gasteiger partial charge in [0, 0.05) is 25.7 Å². The van der Waals surface area contributed by atoms with Gasteiger partial charge in [-0.1, -0.05) is 421 Å². The summed E-state index contributed by atoms with van der Waals surface area (Å²) in [7, 11) is -9.93. The fourth-order valence-electron chi connectivity index (χ4n) is 14.0. The van der Waals surface area contributed by atoms with Crippen LogP contribution < -0.4 is 0 Å².